The number of nitrogens with two attached hydrogens (primary N) is 1. The summed E-state index contributed by atoms with van der Waals surface area (Å²) in [4.78, 5) is 0.160. The highest BCUT2D eigenvalue weighted by atomic mass is 35.5. The molecule has 2 aromatic rings. The summed E-state index contributed by atoms with van der Waals surface area (Å²) in [6, 6.07) is 4.73. The molecule has 0 atom stereocenters. The smallest absolute Gasteiger partial charge is 0.241 e. The largest absolute Gasteiger partial charge is 0.384 e. The van der Waals surface area contributed by atoms with Gasteiger partial charge in [-0.1, -0.05) is 17.7 Å². The van der Waals surface area contributed by atoms with Crippen LogP contribution in [0.1, 0.15) is 11.1 Å². The van der Waals surface area contributed by atoms with Crippen LogP contribution in [0.25, 0.3) is 0 Å². The Morgan fingerprint density at radius 2 is 2.15 bits per heavy atom. The fourth-order valence-corrected chi connectivity index (χ4v) is 3.25. The number of sulfonamides is 1. The van der Waals surface area contributed by atoms with E-state index in [0.29, 0.717) is 22.0 Å². The highest BCUT2D eigenvalue weighted by Gasteiger charge is 2.18. The quantitative estimate of drug-likeness (QED) is 0.893. The van der Waals surface area contributed by atoms with Gasteiger partial charge >= 0.3 is 0 Å². The molecule has 1 heterocycles. The van der Waals surface area contributed by atoms with Crippen molar-refractivity contribution in [1.29, 1.82) is 0 Å². The van der Waals surface area contributed by atoms with Gasteiger partial charge in [-0.2, -0.15) is 5.10 Å². The lowest BCUT2D eigenvalue weighted by Crippen LogP contribution is -2.24. The number of aromatic nitrogens is 2. The Hall–Kier alpha value is -1.57. The lowest BCUT2D eigenvalue weighted by atomic mass is 10.2. The third kappa shape index (κ3) is 2.95. The van der Waals surface area contributed by atoms with E-state index >= 15 is 0 Å². The first kappa shape index (κ1) is 14.8. The lowest BCUT2D eigenvalue weighted by molar-refractivity contribution is 0.581. The summed E-state index contributed by atoms with van der Waals surface area (Å²) in [6.45, 7) is 1.79. The molecule has 0 spiro atoms. The Morgan fingerprint density at radius 3 is 2.75 bits per heavy atom. The summed E-state index contributed by atoms with van der Waals surface area (Å²) >= 11 is 5.84. The van der Waals surface area contributed by atoms with Gasteiger partial charge < -0.3 is 5.73 Å². The van der Waals surface area contributed by atoms with Gasteiger partial charge in [0.2, 0.25) is 10.0 Å². The number of hydrogen-bond acceptors (Lipinski definition) is 4. The molecule has 6 nitrogen and oxygen atoms in total. The summed E-state index contributed by atoms with van der Waals surface area (Å²) in [5.74, 6) is 0.426. The molecule has 2 rings (SSSR count). The molecule has 0 bridgehead atoms. The Bertz CT molecular complexity index is 740. The van der Waals surface area contributed by atoms with Crippen molar-refractivity contribution in [2.45, 2.75) is 18.4 Å². The average Bonchev–Trinajstić information content (AvgIpc) is 2.70. The van der Waals surface area contributed by atoms with Crippen molar-refractivity contribution in [3.05, 3.63) is 40.5 Å². The van der Waals surface area contributed by atoms with Crippen molar-refractivity contribution in [3.63, 3.8) is 0 Å². The van der Waals surface area contributed by atoms with E-state index in [-0.39, 0.29) is 11.4 Å². The third-order valence-electron chi connectivity index (χ3n) is 2.96. The third-order valence-corrected chi connectivity index (χ3v) is 4.74. The van der Waals surface area contributed by atoms with Gasteiger partial charge in [0.15, 0.2) is 0 Å². The van der Waals surface area contributed by atoms with Gasteiger partial charge in [0.25, 0.3) is 0 Å². The van der Waals surface area contributed by atoms with Crippen molar-refractivity contribution < 1.29 is 8.42 Å². The van der Waals surface area contributed by atoms with E-state index < -0.39 is 10.0 Å². The zero-order chi connectivity index (χ0) is 14.9. The predicted octanol–water partition coefficient (Wildman–Crippen LogP) is 1.44. The molecule has 0 amide bonds. The van der Waals surface area contributed by atoms with Crippen LogP contribution in [-0.4, -0.2) is 18.2 Å². The van der Waals surface area contributed by atoms with Crippen molar-refractivity contribution in [2.24, 2.45) is 7.05 Å². The first-order chi connectivity index (χ1) is 9.31. The highest BCUT2D eigenvalue weighted by Crippen LogP contribution is 2.20. The monoisotopic (exact) mass is 314 g/mol. The van der Waals surface area contributed by atoms with Crippen LogP contribution in [0.5, 0.6) is 0 Å². The molecule has 0 saturated heterocycles. The summed E-state index contributed by atoms with van der Waals surface area (Å²) in [5.41, 5.74) is 7.02. The van der Waals surface area contributed by atoms with E-state index in [9.17, 15) is 8.42 Å². The summed E-state index contributed by atoms with van der Waals surface area (Å²) in [6.07, 6.45) is 1.53. The van der Waals surface area contributed by atoms with Crippen LogP contribution >= 0.6 is 11.6 Å². The van der Waals surface area contributed by atoms with Crippen LogP contribution in [0.4, 0.5) is 5.82 Å². The number of nitrogens with zero attached hydrogens (tertiary/aromatic N) is 2. The molecule has 0 aliphatic carbocycles. The van der Waals surface area contributed by atoms with Gasteiger partial charge in [-0.3, -0.25) is 4.68 Å². The van der Waals surface area contributed by atoms with E-state index in [4.69, 9.17) is 17.3 Å². The second-order valence-electron chi connectivity index (χ2n) is 4.41. The zero-order valence-corrected chi connectivity index (χ0v) is 12.7. The molecule has 0 unspecified atom stereocenters. The Kier molecular flexibility index (Phi) is 4.03. The van der Waals surface area contributed by atoms with Gasteiger partial charge in [-0.15, -0.1) is 0 Å². The van der Waals surface area contributed by atoms with Crippen molar-refractivity contribution >= 4 is 27.4 Å². The molecule has 0 aliphatic heterocycles. The molecular weight excluding hydrogens is 300 g/mol. The molecule has 20 heavy (non-hydrogen) atoms. The first-order valence-electron chi connectivity index (χ1n) is 5.83. The van der Waals surface area contributed by atoms with Gasteiger partial charge in [0.1, 0.15) is 5.82 Å². The minimum absolute atomic E-state index is 0.0773. The normalized spacial score (nSPS) is 11.8. The maximum atomic E-state index is 12.3. The molecule has 1 aromatic heterocycles. The van der Waals surface area contributed by atoms with Gasteiger partial charge in [0, 0.05) is 24.2 Å². The Labute approximate surface area is 122 Å². The van der Waals surface area contributed by atoms with Crippen LogP contribution in [-0.2, 0) is 23.6 Å². The van der Waals surface area contributed by atoms with Crippen LogP contribution in [0.15, 0.2) is 29.3 Å². The number of hydrogen-bond donors (Lipinski definition) is 2. The van der Waals surface area contributed by atoms with Gasteiger partial charge in [0.05, 0.1) is 11.1 Å². The molecule has 8 heteroatoms. The number of benzene rings is 1. The lowest BCUT2D eigenvalue weighted by Gasteiger charge is -2.09. The number of anilines is 1. The topological polar surface area (TPSA) is 90.0 Å². The van der Waals surface area contributed by atoms with Crippen LogP contribution in [0, 0.1) is 6.92 Å². The fourth-order valence-electron chi connectivity index (χ4n) is 1.74. The Morgan fingerprint density at radius 1 is 1.45 bits per heavy atom. The average molecular weight is 315 g/mol. The van der Waals surface area contributed by atoms with Crippen molar-refractivity contribution in [3.8, 4) is 0 Å². The van der Waals surface area contributed by atoms with E-state index in [1.165, 1.54) is 16.9 Å². The van der Waals surface area contributed by atoms with Crippen molar-refractivity contribution in [2.75, 3.05) is 5.73 Å². The zero-order valence-electron chi connectivity index (χ0n) is 11.1. The Balaban J connectivity index is 2.24. The number of nitrogen functional groups attached to an aromatic ring is 1. The van der Waals surface area contributed by atoms with Gasteiger partial charge in [-0.05, 0) is 24.6 Å². The van der Waals surface area contributed by atoms with E-state index in [1.807, 2.05) is 0 Å². The molecule has 108 valence electrons. The highest BCUT2D eigenvalue weighted by molar-refractivity contribution is 7.89. The molecule has 1 aromatic carbocycles. The molecule has 0 aliphatic rings. The molecule has 0 radical (unpaired) electrons. The van der Waals surface area contributed by atoms with E-state index in [1.54, 1.807) is 26.1 Å². The summed E-state index contributed by atoms with van der Waals surface area (Å²) < 4.78 is 28.5. The minimum atomic E-state index is -3.65. The fraction of sp³-hybridized carbons (Fsp3) is 0.250. The second-order valence-corrected chi connectivity index (χ2v) is 6.58. The molecule has 3 N–H and O–H groups in total. The molecular formula is C12H15ClN4O2S. The van der Waals surface area contributed by atoms with Crippen molar-refractivity contribution in [1.82, 2.24) is 14.5 Å². The minimum Gasteiger partial charge on any atom is -0.384 e. The van der Waals surface area contributed by atoms with Gasteiger partial charge in [-0.25, -0.2) is 13.1 Å². The van der Waals surface area contributed by atoms with E-state index in [2.05, 4.69) is 9.82 Å². The SMILES string of the molecule is Cc1ccc(Cl)cc1S(=O)(=O)NCc1cnn(C)c1N. The molecule has 0 fully saturated rings. The predicted molar refractivity (Wildman–Crippen MR) is 77.8 cm³/mol. The number of aryl methyl sites for hydroxylation is 2. The second kappa shape index (κ2) is 5.43. The summed E-state index contributed by atoms with van der Waals surface area (Å²) in [7, 11) is -1.96. The molecule has 0 saturated carbocycles. The summed E-state index contributed by atoms with van der Waals surface area (Å²) in [5, 5.41) is 4.33. The van der Waals surface area contributed by atoms with Crippen LogP contribution < -0.4 is 10.5 Å². The maximum Gasteiger partial charge on any atom is 0.241 e. The number of nitrogens with one attached hydrogen (secondary N) is 1. The van der Waals surface area contributed by atoms with E-state index in [0.717, 1.165) is 0 Å². The van der Waals surface area contributed by atoms with Crippen LogP contribution in [0.2, 0.25) is 5.02 Å². The standard InChI is InChI=1S/C12H15ClN4O2S/c1-8-3-4-10(13)5-11(8)20(18,19)16-7-9-6-15-17(2)12(9)14/h3-6,16H,7,14H2,1-2H3. The first-order valence-corrected chi connectivity index (χ1v) is 7.69. The maximum absolute atomic E-state index is 12.3. The number of rotatable bonds is 4. The van der Waals surface area contributed by atoms with Crippen LogP contribution in [0.3, 0.4) is 0 Å². The number of halogens is 1.